The molecule has 6 heteroatoms. The molecule has 1 heterocycles. The maximum absolute atomic E-state index is 12.4. The zero-order valence-electron chi connectivity index (χ0n) is 15.7. The van der Waals surface area contributed by atoms with E-state index in [9.17, 15) is 4.79 Å². The molecule has 0 spiro atoms. The lowest BCUT2D eigenvalue weighted by atomic mass is 10.2. The minimum atomic E-state index is -0.212. The summed E-state index contributed by atoms with van der Waals surface area (Å²) in [6, 6.07) is 19.7. The SMILES string of the molecule is C[C@@H](CNC(=O)Nc1ccccc1Cn1cccn1)N(C)c1ccccc1. The van der Waals surface area contributed by atoms with Crippen LogP contribution in [0.25, 0.3) is 0 Å². The third-order valence-corrected chi connectivity index (χ3v) is 4.54. The quantitative estimate of drug-likeness (QED) is 0.674. The first-order chi connectivity index (χ1) is 13.1. The van der Waals surface area contributed by atoms with E-state index >= 15 is 0 Å². The van der Waals surface area contributed by atoms with Crippen molar-refractivity contribution in [1.29, 1.82) is 0 Å². The van der Waals surface area contributed by atoms with Crippen molar-refractivity contribution in [1.82, 2.24) is 15.1 Å². The van der Waals surface area contributed by atoms with Gasteiger partial charge in [0.15, 0.2) is 0 Å². The fourth-order valence-electron chi connectivity index (χ4n) is 2.81. The van der Waals surface area contributed by atoms with Crippen molar-refractivity contribution in [2.24, 2.45) is 0 Å². The molecule has 1 aromatic heterocycles. The van der Waals surface area contributed by atoms with E-state index < -0.39 is 0 Å². The smallest absolute Gasteiger partial charge is 0.319 e. The van der Waals surface area contributed by atoms with Crippen molar-refractivity contribution in [2.75, 3.05) is 23.8 Å². The Hall–Kier alpha value is -3.28. The Kier molecular flexibility index (Phi) is 6.10. The average molecular weight is 363 g/mol. The molecule has 0 aliphatic rings. The number of carbonyl (C=O) groups excluding carboxylic acids is 1. The predicted octanol–water partition coefficient (Wildman–Crippen LogP) is 3.58. The van der Waals surface area contributed by atoms with Gasteiger partial charge >= 0.3 is 6.03 Å². The van der Waals surface area contributed by atoms with E-state index in [0.29, 0.717) is 13.1 Å². The van der Waals surface area contributed by atoms with E-state index in [1.807, 2.05) is 66.5 Å². The monoisotopic (exact) mass is 363 g/mol. The Morgan fingerprint density at radius 2 is 1.85 bits per heavy atom. The fourth-order valence-corrected chi connectivity index (χ4v) is 2.81. The van der Waals surface area contributed by atoms with E-state index in [4.69, 9.17) is 0 Å². The van der Waals surface area contributed by atoms with Gasteiger partial charge in [0.1, 0.15) is 0 Å². The molecular formula is C21H25N5O. The summed E-state index contributed by atoms with van der Waals surface area (Å²) in [6.45, 7) is 3.23. The Balaban J connectivity index is 1.55. The van der Waals surface area contributed by atoms with Crippen LogP contribution in [0.1, 0.15) is 12.5 Å². The van der Waals surface area contributed by atoms with Crippen molar-refractivity contribution in [3.8, 4) is 0 Å². The maximum atomic E-state index is 12.4. The number of hydrogen-bond donors (Lipinski definition) is 2. The molecule has 140 valence electrons. The van der Waals surface area contributed by atoms with Crippen molar-refractivity contribution < 1.29 is 4.79 Å². The highest BCUT2D eigenvalue weighted by Gasteiger charge is 2.12. The van der Waals surface area contributed by atoms with E-state index in [0.717, 1.165) is 16.9 Å². The minimum absolute atomic E-state index is 0.164. The molecule has 2 N–H and O–H groups in total. The molecule has 0 radical (unpaired) electrons. The number of nitrogens with one attached hydrogen (secondary N) is 2. The lowest BCUT2D eigenvalue weighted by molar-refractivity contribution is 0.251. The molecule has 3 rings (SSSR count). The summed E-state index contributed by atoms with van der Waals surface area (Å²) in [5, 5.41) is 10.1. The molecule has 0 bridgehead atoms. The van der Waals surface area contributed by atoms with Gasteiger partial charge in [-0.1, -0.05) is 36.4 Å². The number of carbonyl (C=O) groups is 1. The van der Waals surface area contributed by atoms with Crippen LogP contribution in [-0.4, -0.2) is 35.4 Å². The van der Waals surface area contributed by atoms with Gasteiger partial charge in [0.25, 0.3) is 0 Å². The molecule has 1 atom stereocenters. The highest BCUT2D eigenvalue weighted by Crippen LogP contribution is 2.16. The Bertz CT molecular complexity index is 848. The minimum Gasteiger partial charge on any atom is -0.370 e. The molecule has 2 aromatic carbocycles. The Morgan fingerprint density at radius 3 is 2.59 bits per heavy atom. The van der Waals surface area contributed by atoms with Crippen LogP contribution in [0.4, 0.5) is 16.2 Å². The van der Waals surface area contributed by atoms with E-state index in [1.165, 1.54) is 0 Å². The van der Waals surface area contributed by atoms with Gasteiger partial charge in [0, 0.05) is 43.4 Å². The van der Waals surface area contributed by atoms with Crippen LogP contribution in [0.2, 0.25) is 0 Å². The molecule has 0 aliphatic heterocycles. The van der Waals surface area contributed by atoms with Crippen LogP contribution < -0.4 is 15.5 Å². The zero-order valence-corrected chi connectivity index (χ0v) is 15.7. The van der Waals surface area contributed by atoms with Crippen LogP contribution in [0.5, 0.6) is 0 Å². The second-order valence-corrected chi connectivity index (χ2v) is 6.49. The van der Waals surface area contributed by atoms with Crippen LogP contribution in [-0.2, 0) is 6.54 Å². The number of anilines is 2. The second kappa shape index (κ2) is 8.89. The molecule has 0 fully saturated rings. The van der Waals surface area contributed by atoms with Gasteiger partial charge in [0.2, 0.25) is 0 Å². The number of hydrogen-bond acceptors (Lipinski definition) is 3. The first-order valence-electron chi connectivity index (χ1n) is 9.01. The van der Waals surface area contributed by atoms with Gasteiger partial charge in [-0.3, -0.25) is 4.68 Å². The highest BCUT2D eigenvalue weighted by molar-refractivity contribution is 5.90. The summed E-state index contributed by atoms with van der Waals surface area (Å²) >= 11 is 0. The molecule has 2 amide bonds. The molecule has 6 nitrogen and oxygen atoms in total. The second-order valence-electron chi connectivity index (χ2n) is 6.49. The summed E-state index contributed by atoms with van der Waals surface area (Å²) in [5.41, 5.74) is 2.91. The molecule has 0 saturated heterocycles. The van der Waals surface area contributed by atoms with Gasteiger partial charge in [-0.15, -0.1) is 0 Å². The van der Waals surface area contributed by atoms with Gasteiger partial charge < -0.3 is 15.5 Å². The number of benzene rings is 2. The largest absolute Gasteiger partial charge is 0.370 e. The van der Waals surface area contributed by atoms with E-state index in [1.54, 1.807) is 6.20 Å². The van der Waals surface area contributed by atoms with Crippen molar-refractivity contribution in [3.05, 3.63) is 78.6 Å². The summed E-state index contributed by atoms with van der Waals surface area (Å²) < 4.78 is 1.83. The van der Waals surface area contributed by atoms with Crippen molar-refractivity contribution in [3.63, 3.8) is 0 Å². The topological polar surface area (TPSA) is 62.2 Å². The summed E-state index contributed by atoms with van der Waals surface area (Å²) in [6.07, 6.45) is 3.64. The summed E-state index contributed by atoms with van der Waals surface area (Å²) in [5.74, 6) is 0. The van der Waals surface area contributed by atoms with Gasteiger partial charge in [-0.2, -0.15) is 5.10 Å². The molecule has 0 saturated carbocycles. The Labute approximate surface area is 159 Å². The van der Waals surface area contributed by atoms with Crippen LogP contribution in [0, 0.1) is 0 Å². The molecule has 3 aromatic rings. The molecule has 0 unspecified atom stereocenters. The number of likely N-dealkylation sites (N-methyl/N-ethyl adjacent to an activating group) is 1. The van der Waals surface area contributed by atoms with Crippen LogP contribution in [0.15, 0.2) is 73.1 Å². The van der Waals surface area contributed by atoms with Gasteiger partial charge in [-0.25, -0.2) is 4.79 Å². The van der Waals surface area contributed by atoms with Gasteiger partial charge in [-0.05, 0) is 36.8 Å². The maximum Gasteiger partial charge on any atom is 0.319 e. The third-order valence-electron chi connectivity index (χ3n) is 4.54. The Morgan fingerprint density at radius 1 is 1.11 bits per heavy atom. The normalized spacial score (nSPS) is 11.6. The lowest BCUT2D eigenvalue weighted by Gasteiger charge is -2.27. The number of aromatic nitrogens is 2. The number of amides is 2. The number of para-hydroxylation sites is 2. The standard InChI is InChI=1S/C21H25N5O/c1-17(25(2)19-10-4-3-5-11-19)15-22-21(27)24-20-12-7-6-9-18(20)16-26-14-8-13-23-26/h3-14,17H,15-16H2,1-2H3,(H2,22,24,27)/t17-/m0/s1. The predicted molar refractivity (Wildman–Crippen MR) is 109 cm³/mol. The van der Waals surface area contributed by atoms with E-state index in [-0.39, 0.29) is 12.1 Å². The van der Waals surface area contributed by atoms with Crippen LogP contribution in [0.3, 0.4) is 0 Å². The zero-order chi connectivity index (χ0) is 19.1. The van der Waals surface area contributed by atoms with Crippen molar-refractivity contribution >= 4 is 17.4 Å². The van der Waals surface area contributed by atoms with Gasteiger partial charge in [0.05, 0.1) is 6.54 Å². The third kappa shape index (κ3) is 5.10. The molecular weight excluding hydrogens is 338 g/mol. The first-order valence-corrected chi connectivity index (χ1v) is 9.01. The summed E-state index contributed by atoms with van der Waals surface area (Å²) in [7, 11) is 2.03. The average Bonchev–Trinajstić information content (AvgIpc) is 3.21. The van der Waals surface area contributed by atoms with Crippen LogP contribution >= 0.6 is 0 Å². The van der Waals surface area contributed by atoms with E-state index in [2.05, 4.69) is 39.7 Å². The summed E-state index contributed by atoms with van der Waals surface area (Å²) in [4.78, 5) is 14.5. The highest BCUT2D eigenvalue weighted by atomic mass is 16.2. The first kappa shape index (κ1) is 18.5. The number of nitrogens with zero attached hydrogens (tertiary/aromatic N) is 3. The molecule has 27 heavy (non-hydrogen) atoms. The number of urea groups is 1. The lowest BCUT2D eigenvalue weighted by Crippen LogP contribution is -2.41. The number of rotatable bonds is 7. The fraction of sp³-hybridized carbons (Fsp3) is 0.238. The molecule has 0 aliphatic carbocycles. The van der Waals surface area contributed by atoms with Crippen molar-refractivity contribution in [2.45, 2.75) is 19.5 Å².